The lowest BCUT2D eigenvalue weighted by molar-refractivity contribution is 0.00578. The van der Waals surface area contributed by atoms with E-state index >= 15 is 0 Å². The van der Waals surface area contributed by atoms with Gasteiger partial charge in [0.1, 0.15) is 0 Å². The van der Waals surface area contributed by atoms with Crippen LogP contribution in [0.25, 0.3) is 10.9 Å². The Morgan fingerprint density at radius 2 is 1.79 bits per heavy atom. The summed E-state index contributed by atoms with van der Waals surface area (Å²) in [5.74, 6) is 0. The van der Waals surface area contributed by atoms with E-state index in [1.165, 1.54) is 11.5 Å². The summed E-state index contributed by atoms with van der Waals surface area (Å²) < 4.78 is 16.3. The first-order chi connectivity index (χ1) is 8.82. The zero-order valence-electron chi connectivity index (χ0n) is 11.4. The van der Waals surface area contributed by atoms with Crippen LogP contribution in [0.15, 0.2) is 17.5 Å². The number of aromatic nitrogens is 1. The van der Waals surface area contributed by atoms with Crippen LogP contribution >= 0.6 is 23.1 Å². The van der Waals surface area contributed by atoms with Gasteiger partial charge in [-0.2, -0.15) is 4.37 Å². The highest BCUT2D eigenvalue weighted by Gasteiger charge is 2.52. The predicted octanol–water partition coefficient (Wildman–Crippen LogP) is 3.25. The lowest BCUT2D eigenvalue weighted by atomic mass is 9.78. The second-order valence-corrected chi connectivity index (χ2v) is 6.81. The largest absolute Gasteiger partial charge is 0.496 e. The van der Waals surface area contributed by atoms with Gasteiger partial charge in [0.25, 0.3) is 0 Å². The second kappa shape index (κ2) is 4.19. The maximum Gasteiger partial charge on any atom is 0.496 e. The van der Waals surface area contributed by atoms with Gasteiger partial charge in [0.15, 0.2) is 0 Å². The van der Waals surface area contributed by atoms with Crippen molar-refractivity contribution in [3.63, 3.8) is 0 Å². The molecule has 19 heavy (non-hydrogen) atoms. The zero-order chi connectivity index (χ0) is 13.8. The smallest absolute Gasteiger partial charge is 0.399 e. The molecule has 0 unspecified atom stereocenters. The van der Waals surface area contributed by atoms with Crippen molar-refractivity contribution < 1.29 is 9.31 Å². The summed E-state index contributed by atoms with van der Waals surface area (Å²) in [5, 5.41) is 3.58. The first kappa shape index (κ1) is 13.4. The van der Waals surface area contributed by atoms with E-state index in [9.17, 15) is 0 Å². The topological polar surface area (TPSA) is 31.4 Å². The summed E-state index contributed by atoms with van der Waals surface area (Å²) in [6.45, 7) is 8.13. The van der Waals surface area contributed by atoms with Gasteiger partial charge in [-0.25, -0.2) is 0 Å². The highest BCUT2D eigenvalue weighted by atomic mass is 35.5. The molecule has 0 saturated carbocycles. The number of hydrogen-bond donors (Lipinski definition) is 0. The number of rotatable bonds is 1. The van der Waals surface area contributed by atoms with Gasteiger partial charge in [-0.3, -0.25) is 0 Å². The fraction of sp³-hybridized carbons (Fsp3) is 0.462. The zero-order valence-corrected chi connectivity index (χ0v) is 12.9. The average Bonchev–Trinajstić information content (AvgIpc) is 2.83. The first-order valence-electron chi connectivity index (χ1n) is 6.20. The minimum absolute atomic E-state index is 0.358. The van der Waals surface area contributed by atoms with Crippen molar-refractivity contribution in [3.8, 4) is 0 Å². The number of fused-ring (bicyclic) bond motifs is 1. The summed E-state index contributed by atoms with van der Waals surface area (Å²) >= 11 is 7.86. The van der Waals surface area contributed by atoms with Crippen molar-refractivity contribution in [3.05, 3.63) is 22.5 Å². The maximum atomic E-state index is 6.46. The van der Waals surface area contributed by atoms with Crippen LogP contribution in [-0.4, -0.2) is 22.7 Å². The van der Waals surface area contributed by atoms with E-state index in [1.807, 2.05) is 45.2 Å². The fourth-order valence-corrected chi connectivity index (χ4v) is 3.12. The van der Waals surface area contributed by atoms with E-state index < -0.39 is 7.12 Å². The Labute approximate surface area is 122 Å². The number of nitrogens with zero attached hydrogens (tertiary/aromatic N) is 1. The van der Waals surface area contributed by atoms with E-state index in [2.05, 4.69) is 4.37 Å². The van der Waals surface area contributed by atoms with Gasteiger partial charge >= 0.3 is 7.12 Å². The van der Waals surface area contributed by atoms with Gasteiger partial charge in [0.05, 0.1) is 21.7 Å². The van der Waals surface area contributed by atoms with Crippen molar-refractivity contribution in [1.82, 2.24) is 4.37 Å². The monoisotopic (exact) mass is 295 g/mol. The van der Waals surface area contributed by atoms with Crippen LogP contribution in [0.1, 0.15) is 27.7 Å². The molecule has 0 amide bonds. The molecule has 0 bridgehead atoms. The van der Waals surface area contributed by atoms with E-state index in [1.54, 1.807) is 0 Å². The molecule has 3 rings (SSSR count). The molecule has 0 N–H and O–H groups in total. The van der Waals surface area contributed by atoms with Crippen LogP contribution in [0.5, 0.6) is 0 Å². The Bertz CT molecular complexity index is 625. The lowest BCUT2D eigenvalue weighted by Crippen LogP contribution is -2.41. The van der Waals surface area contributed by atoms with Crippen LogP contribution in [0.3, 0.4) is 0 Å². The standard InChI is InChI=1S/C13H15BClNO2S/c1-12(2)13(3,4)18-14(17-12)9-5-6-10-8(11(9)15)7-19-16-10/h5-7H,1-4H3. The highest BCUT2D eigenvalue weighted by Crippen LogP contribution is 2.37. The summed E-state index contributed by atoms with van der Waals surface area (Å²) in [5.41, 5.74) is 1.06. The molecule has 1 aromatic heterocycles. The van der Waals surface area contributed by atoms with Crippen LogP contribution in [0, 0.1) is 0 Å². The molecular weight excluding hydrogens is 280 g/mol. The summed E-state index contributed by atoms with van der Waals surface area (Å²) in [7, 11) is -0.429. The van der Waals surface area contributed by atoms with E-state index in [4.69, 9.17) is 20.9 Å². The molecule has 6 heteroatoms. The Balaban J connectivity index is 2.04. The van der Waals surface area contributed by atoms with Crippen molar-refractivity contribution in [2.45, 2.75) is 38.9 Å². The van der Waals surface area contributed by atoms with Gasteiger partial charge in [-0.15, -0.1) is 0 Å². The number of benzene rings is 1. The quantitative estimate of drug-likeness (QED) is 0.757. The lowest BCUT2D eigenvalue weighted by Gasteiger charge is -2.32. The Morgan fingerprint density at radius 1 is 1.16 bits per heavy atom. The third kappa shape index (κ3) is 2.00. The molecule has 2 aromatic rings. The summed E-state index contributed by atoms with van der Waals surface area (Å²) in [6.07, 6.45) is 0. The van der Waals surface area contributed by atoms with Crippen molar-refractivity contribution >= 4 is 46.6 Å². The summed E-state index contributed by atoms with van der Waals surface area (Å²) in [4.78, 5) is 0. The third-order valence-electron chi connectivity index (χ3n) is 4.02. The SMILES string of the molecule is CC1(C)OB(c2ccc3nscc3c2Cl)OC1(C)C. The van der Waals surface area contributed by atoms with Crippen molar-refractivity contribution in [1.29, 1.82) is 0 Å². The molecule has 0 spiro atoms. The van der Waals surface area contributed by atoms with Gasteiger partial charge in [-0.1, -0.05) is 17.7 Å². The molecule has 2 heterocycles. The van der Waals surface area contributed by atoms with Crippen LogP contribution in [0.2, 0.25) is 5.02 Å². The van der Waals surface area contributed by atoms with E-state index in [0.29, 0.717) is 5.02 Å². The van der Waals surface area contributed by atoms with Crippen LogP contribution in [0.4, 0.5) is 0 Å². The fourth-order valence-electron chi connectivity index (χ4n) is 2.08. The highest BCUT2D eigenvalue weighted by molar-refractivity contribution is 7.05. The van der Waals surface area contributed by atoms with Crippen LogP contribution < -0.4 is 5.46 Å². The minimum atomic E-state index is -0.429. The second-order valence-electron chi connectivity index (χ2n) is 5.80. The number of halogens is 1. The van der Waals surface area contributed by atoms with Gasteiger partial charge in [0.2, 0.25) is 0 Å². The van der Waals surface area contributed by atoms with E-state index in [-0.39, 0.29) is 11.2 Å². The molecule has 0 aliphatic carbocycles. The van der Waals surface area contributed by atoms with Gasteiger partial charge < -0.3 is 9.31 Å². The van der Waals surface area contributed by atoms with Crippen LogP contribution in [-0.2, 0) is 9.31 Å². The van der Waals surface area contributed by atoms with Crippen molar-refractivity contribution in [2.24, 2.45) is 0 Å². The molecule has 1 aliphatic rings. The molecule has 1 saturated heterocycles. The Hall–Kier alpha value is -0.615. The Morgan fingerprint density at radius 3 is 2.42 bits per heavy atom. The normalized spacial score (nSPS) is 21.2. The molecule has 1 fully saturated rings. The molecule has 1 aliphatic heterocycles. The predicted molar refractivity (Wildman–Crippen MR) is 80.3 cm³/mol. The molecule has 0 atom stereocenters. The van der Waals surface area contributed by atoms with E-state index in [0.717, 1.165) is 16.4 Å². The average molecular weight is 296 g/mol. The van der Waals surface area contributed by atoms with Gasteiger partial charge in [0, 0.05) is 16.2 Å². The molecular formula is C13H15BClNO2S. The maximum absolute atomic E-state index is 6.46. The summed E-state index contributed by atoms with van der Waals surface area (Å²) in [6, 6.07) is 3.89. The first-order valence-corrected chi connectivity index (χ1v) is 7.41. The minimum Gasteiger partial charge on any atom is -0.399 e. The Kier molecular flexibility index (Phi) is 2.95. The molecule has 0 radical (unpaired) electrons. The van der Waals surface area contributed by atoms with Crippen molar-refractivity contribution in [2.75, 3.05) is 0 Å². The molecule has 100 valence electrons. The molecule has 3 nitrogen and oxygen atoms in total. The third-order valence-corrected chi connectivity index (χ3v) is 5.08. The molecule has 1 aromatic carbocycles. The van der Waals surface area contributed by atoms with Gasteiger partial charge in [-0.05, 0) is 45.3 Å². The number of hydrogen-bond acceptors (Lipinski definition) is 4.